The third-order valence-electron chi connectivity index (χ3n) is 3.05. The highest BCUT2D eigenvalue weighted by atomic mass is 16.5. The topological polar surface area (TPSA) is 53.6 Å². The van der Waals surface area contributed by atoms with Crippen LogP contribution >= 0.6 is 0 Å². The lowest BCUT2D eigenvalue weighted by Crippen LogP contribution is -2.48. The molecule has 1 saturated heterocycles. The zero-order valence-corrected chi connectivity index (χ0v) is 10.8. The number of benzene rings is 1. The molecule has 1 aromatic carbocycles. The number of hydrogen-bond acceptors (Lipinski definition) is 3. The molecular weight excluding hydrogens is 230 g/mol. The van der Waals surface area contributed by atoms with E-state index < -0.39 is 0 Å². The number of ether oxygens (including phenoxy) is 1. The molecule has 98 valence electrons. The second-order valence-electron chi connectivity index (χ2n) is 4.35. The summed E-state index contributed by atoms with van der Waals surface area (Å²) in [7, 11) is 1.64. The van der Waals surface area contributed by atoms with Crippen LogP contribution < -0.4 is 15.4 Å². The van der Waals surface area contributed by atoms with Crippen molar-refractivity contribution in [1.29, 1.82) is 0 Å². The molecule has 2 N–H and O–H groups in total. The fourth-order valence-corrected chi connectivity index (χ4v) is 2.03. The van der Waals surface area contributed by atoms with Crippen LogP contribution in [0, 0.1) is 6.92 Å². The van der Waals surface area contributed by atoms with E-state index in [1.54, 1.807) is 7.11 Å². The second kappa shape index (κ2) is 5.73. The molecular formula is C13H19N3O2. The largest absolute Gasteiger partial charge is 0.496 e. The molecule has 0 unspecified atom stereocenters. The summed E-state index contributed by atoms with van der Waals surface area (Å²) in [5.41, 5.74) is 1.81. The summed E-state index contributed by atoms with van der Waals surface area (Å²) in [5.74, 6) is 0.829. The zero-order chi connectivity index (χ0) is 13.0. The normalized spacial score (nSPS) is 15.3. The number of carbonyl (C=O) groups excluding carboxylic acids is 1. The highest BCUT2D eigenvalue weighted by Crippen LogP contribution is 2.21. The van der Waals surface area contributed by atoms with E-state index in [4.69, 9.17) is 4.74 Å². The summed E-state index contributed by atoms with van der Waals surface area (Å²) in [6.07, 6.45) is 0. The fraction of sp³-hybridized carbons (Fsp3) is 0.462. The summed E-state index contributed by atoms with van der Waals surface area (Å²) < 4.78 is 5.19. The Balaban J connectivity index is 2.00. The van der Waals surface area contributed by atoms with Gasteiger partial charge in [0.25, 0.3) is 0 Å². The van der Waals surface area contributed by atoms with Gasteiger partial charge in [0.2, 0.25) is 0 Å². The van der Waals surface area contributed by atoms with E-state index in [2.05, 4.69) is 10.6 Å². The van der Waals surface area contributed by atoms with E-state index >= 15 is 0 Å². The Morgan fingerprint density at radius 1 is 1.39 bits per heavy atom. The van der Waals surface area contributed by atoms with Crippen LogP contribution in [-0.2, 0) is 0 Å². The number of anilines is 1. The van der Waals surface area contributed by atoms with Gasteiger partial charge < -0.3 is 20.3 Å². The van der Waals surface area contributed by atoms with Crippen LogP contribution in [0.4, 0.5) is 10.5 Å². The number of rotatable bonds is 2. The maximum Gasteiger partial charge on any atom is 0.321 e. The second-order valence-corrected chi connectivity index (χ2v) is 4.35. The first-order valence-corrected chi connectivity index (χ1v) is 6.12. The van der Waals surface area contributed by atoms with E-state index in [9.17, 15) is 4.79 Å². The Hall–Kier alpha value is -1.75. The molecule has 1 heterocycles. The number of nitrogens with zero attached hydrogens (tertiary/aromatic N) is 1. The molecule has 0 spiro atoms. The van der Waals surface area contributed by atoms with E-state index in [0.717, 1.165) is 43.2 Å². The van der Waals surface area contributed by atoms with E-state index in [1.165, 1.54) is 0 Å². The van der Waals surface area contributed by atoms with Crippen molar-refractivity contribution in [3.05, 3.63) is 23.8 Å². The van der Waals surface area contributed by atoms with Crippen molar-refractivity contribution in [1.82, 2.24) is 10.2 Å². The van der Waals surface area contributed by atoms with Gasteiger partial charge in [-0.1, -0.05) is 0 Å². The van der Waals surface area contributed by atoms with Gasteiger partial charge in [-0.25, -0.2) is 4.79 Å². The first-order chi connectivity index (χ1) is 8.70. The van der Waals surface area contributed by atoms with Gasteiger partial charge >= 0.3 is 6.03 Å². The molecule has 1 aromatic rings. The Labute approximate surface area is 107 Å². The number of hydrogen-bond donors (Lipinski definition) is 2. The molecule has 2 amide bonds. The van der Waals surface area contributed by atoms with Crippen molar-refractivity contribution < 1.29 is 9.53 Å². The molecule has 0 aromatic heterocycles. The molecule has 0 atom stereocenters. The van der Waals surface area contributed by atoms with Crippen LogP contribution in [-0.4, -0.2) is 44.2 Å². The Kier molecular flexibility index (Phi) is 4.04. The molecule has 1 aliphatic heterocycles. The third kappa shape index (κ3) is 2.92. The summed E-state index contributed by atoms with van der Waals surface area (Å²) in [5, 5.41) is 6.13. The summed E-state index contributed by atoms with van der Waals surface area (Å²) in [6.45, 7) is 5.17. The van der Waals surface area contributed by atoms with Crippen LogP contribution in [0.25, 0.3) is 0 Å². The van der Waals surface area contributed by atoms with Gasteiger partial charge in [-0.3, -0.25) is 0 Å². The van der Waals surface area contributed by atoms with Crippen molar-refractivity contribution in [3.8, 4) is 5.75 Å². The molecule has 0 bridgehead atoms. The molecule has 2 rings (SSSR count). The minimum Gasteiger partial charge on any atom is -0.496 e. The molecule has 0 radical (unpaired) electrons. The predicted molar refractivity (Wildman–Crippen MR) is 71.2 cm³/mol. The molecule has 1 aliphatic rings. The van der Waals surface area contributed by atoms with Crippen molar-refractivity contribution in [2.24, 2.45) is 0 Å². The fourth-order valence-electron chi connectivity index (χ4n) is 2.03. The van der Waals surface area contributed by atoms with Crippen molar-refractivity contribution in [3.63, 3.8) is 0 Å². The smallest absolute Gasteiger partial charge is 0.321 e. The number of carbonyl (C=O) groups is 1. The van der Waals surface area contributed by atoms with E-state index in [1.807, 2.05) is 30.0 Å². The lowest BCUT2D eigenvalue weighted by atomic mass is 10.2. The minimum absolute atomic E-state index is 0.0407. The minimum atomic E-state index is -0.0407. The average Bonchev–Trinajstić information content (AvgIpc) is 2.40. The standard InChI is InChI=1S/C13H19N3O2/c1-10-9-11(3-4-12(10)18-2)15-13(17)16-7-5-14-6-8-16/h3-4,9,14H,5-8H2,1-2H3,(H,15,17). The number of aryl methyl sites for hydroxylation is 1. The maximum absolute atomic E-state index is 12.0. The van der Waals surface area contributed by atoms with Crippen LogP contribution in [0.15, 0.2) is 18.2 Å². The highest BCUT2D eigenvalue weighted by Gasteiger charge is 2.16. The van der Waals surface area contributed by atoms with Crippen molar-refractivity contribution in [2.45, 2.75) is 6.92 Å². The van der Waals surface area contributed by atoms with Gasteiger partial charge in [0.1, 0.15) is 5.75 Å². The molecule has 0 aliphatic carbocycles. The summed E-state index contributed by atoms with van der Waals surface area (Å²) in [4.78, 5) is 13.8. The molecule has 5 nitrogen and oxygen atoms in total. The quantitative estimate of drug-likeness (QED) is 0.834. The highest BCUT2D eigenvalue weighted by molar-refractivity contribution is 5.89. The van der Waals surface area contributed by atoms with Gasteiger partial charge in [-0.2, -0.15) is 0 Å². The molecule has 5 heteroatoms. The number of urea groups is 1. The van der Waals surface area contributed by atoms with Gasteiger partial charge in [0.05, 0.1) is 7.11 Å². The maximum atomic E-state index is 12.0. The number of methoxy groups -OCH3 is 1. The third-order valence-corrected chi connectivity index (χ3v) is 3.05. The van der Waals surface area contributed by atoms with Crippen LogP contribution in [0.2, 0.25) is 0 Å². The first-order valence-electron chi connectivity index (χ1n) is 6.12. The lowest BCUT2D eigenvalue weighted by Gasteiger charge is -2.27. The van der Waals surface area contributed by atoms with Gasteiger partial charge in [0, 0.05) is 31.9 Å². The monoisotopic (exact) mass is 249 g/mol. The summed E-state index contributed by atoms with van der Waals surface area (Å²) >= 11 is 0. The number of piperazine rings is 1. The number of amides is 2. The van der Waals surface area contributed by atoms with Crippen molar-refractivity contribution >= 4 is 11.7 Å². The van der Waals surface area contributed by atoms with E-state index in [-0.39, 0.29) is 6.03 Å². The van der Waals surface area contributed by atoms with E-state index in [0.29, 0.717) is 0 Å². The van der Waals surface area contributed by atoms with Crippen LogP contribution in [0.5, 0.6) is 5.75 Å². The lowest BCUT2D eigenvalue weighted by molar-refractivity contribution is 0.204. The Morgan fingerprint density at radius 2 is 2.11 bits per heavy atom. The Morgan fingerprint density at radius 3 is 2.72 bits per heavy atom. The summed E-state index contributed by atoms with van der Waals surface area (Å²) in [6, 6.07) is 5.59. The SMILES string of the molecule is COc1ccc(NC(=O)N2CCNCC2)cc1C. The first kappa shape index (κ1) is 12.7. The average molecular weight is 249 g/mol. The Bertz CT molecular complexity index is 428. The predicted octanol–water partition coefficient (Wildman–Crippen LogP) is 1.44. The van der Waals surface area contributed by atoms with Crippen molar-refractivity contribution in [2.75, 3.05) is 38.6 Å². The van der Waals surface area contributed by atoms with Gasteiger partial charge in [-0.05, 0) is 30.7 Å². The molecule has 1 fully saturated rings. The molecule has 18 heavy (non-hydrogen) atoms. The number of nitrogens with one attached hydrogen (secondary N) is 2. The zero-order valence-electron chi connectivity index (χ0n) is 10.8. The van der Waals surface area contributed by atoms with Gasteiger partial charge in [0.15, 0.2) is 0 Å². The van der Waals surface area contributed by atoms with Gasteiger partial charge in [-0.15, -0.1) is 0 Å². The van der Waals surface area contributed by atoms with Crippen LogP contribution in [0.3, 0.4) is 0 Å². The van der Waals surface area contributed by atoms with Crippen LogP contribution in [0.1, 0.15) is 5.56 Å². The molecule has 0 saturated carbocycles.